The number of benzene rings is 2. The van der Waals surface area contributed by atoms with Gasteiger partial charge < -0.3 is 25.2 Å². The van der Waals surface area contributed by atoms with Gasteiger partial charge in [0.2, 0.25) is 5.82 Å². The van der Waals surface area contributed by atoms with Crippen molar-refractivity contribution in [3.05, 3.63) is 71.7 Å². The number of hydrogen-bond acceptors (Lipinski definition) is 7. The van der Waals surface area contributed by atoms with Gasteiger partial charge in [-0.15, -0.1) is 0 Å². The third kappa shape index (κ3) is 4.36. The molecule has 2 aromatic carbocycles. The van der Waals surface area contributed by atoms with Crippen molar-refractivity contribution in [1.29, 1.82) is 0 Å². The molecule has 0 saturated carbocycles. The summed E-state index contributed by atoms with van der Waals surface area (Å²) in [5.41, 5.74) is 2.00. The number of anilines is 2. The Labute approximate surface area is 211 Å². The molecule has 11 heteroatoms. The SMILES string of the molecule is CCc1cc(Nc2nccn3c(-c4ccc(OC)c(F)c4F)cnc23)ccc1C(=O)NC1(CO)COC1. The lowest BCUT2D eigenvalue weighted by Crippen LogP contribution is -2.64. The number of carbonyl (C=O) groups is 1. The normalized spacial score (nSPS) is 14.3. The first-order valence-corrected chi connectivity index (χ1v) is 11.6. The van der Waals surface area contributed by atoms with Gasteiger partial charge in [-0.2, -0.15) is 4.39 Å². The highest BCUT2D eigenvalue weighted by molar-refractivity contribution is 5.97. The van der Waals surface area contributed by atoms with Crippen molar-refractivity contribution in [3.8, 4) is 17.0 Å². The van der Waals surface area contributed by atoms with Gasteiger partial charge in [-0.25, -0.2) is 14.4 Å². The van der Waals surface area contributed by atoms with Crippen molar-refractivity contribution < 1.29 is 28.2 Å². The molecule has 3 N–H and O–H groups in total. The summed E-state index contributed by atoms with van der Waals surface area (Å²) < 4.78 is 40.7. The van der Waals surface area contributed by atoms with Crippen LogP contribution in [0.1, 0.15) is 22.8 Å². The molecule has 192 valence electrons. The number of amides is 1. The number of methoxy groups -OCH3 is 1. The zero-order valence-electron chi connectivity index (χ0n) is 20.2. The Bertz CT molecular complexity index is 1480. The molecule has 5 rings (SSSR count). The number of aliphatic hydroxyl groups excluding tert-OH is 1. The Hall–Kier alpha value is -4.09. The summed E-state index contributed by atoms with van der Waals surface area (Å²) in [5, 5.41) is 15.7. The van der Waals surface area contributed by atoms with Crippen LogP contribution >= 0.6 is 0 Å². The first-order chi connectivity index (χ1) is 17.9. The van der Waals surface area contributed by atoms with Gasteiger partial charge >= 0.3 is 0 Å². The van der Waals surface area contributed by atoms with E-state index in [2.05, 4.69) is 20.6 Å². The van der Waals surface area contributed by atoms with E-state index in [9.17, 15) is 18.7 Å². The van der Waals surface area contributed by atoms with Gasteiger partial charge in [0.1, 0.15) is 5.54 Å². The van der Waals surface area contributed by atoms with Crippen molar-refractivity contribution >= 4 is 23.1 Å². The summed E-state index contributed by atoms with van der Waals surface area (Å²) in [6.45, 7) is 2.28. The number of aromatic nitrogens is 3. The number of nitrogens with one attached hydrogen (secondary N) is 2. The second-order valence-electron chi connectivity index (χ2n) is 8.79. The lowest BCUT2D eigenvalue weighted by Gasteiger charge is -2.40. The fourth-order valence-electron chi connectivity index (χ4n) is 4.28. The molecule has 1 saturated heterocycles. The van der Waals surface area contributed by atoms with Crippen LogP contribution in [0.3, 0.4) is 0 Å². The van der Waals surface area contributed by atoms with Crippen LogP contribution in [0.5, 0.6) is 5.75 Å². The summed E-state index contributed by atoms with van der Waals surface area (Å²) >= 11 is 0. The number of hydrogen-bond donors (Lipinski definition) is 3. The number of fused-ring (bicyclic) bond motifs is 1. The molecule has 0 bridgehead atoms. The zero-order valence-corrected chi connectivity index (χ0v) is 20.2. The van der Waals surface area contributed by atoms with Crippen molar-refractivity contribution in [2.24, 2.45) is 0 Å². The second-order valence-corrected chi connectivity index (χ2v) is 8.79. The lowest BCUT2D eigenvalue weighted by atomic mass is 9.96. The van der Waals surface area contributed by atoms with Crippen LogP contribution in [-0.4, -0.2) is 57.9 Å². The molecule has 1 amide bonds. The van der Waals surface area contributed by atoms with Crippen molar-refractivity contribution in [2.45, 2.75) is 18.9 Å². The molecule has 1 aliphatic rings. The minimum atomic E-state index is -1.08. The topological polar surface area (TPSA) is 110 Å². The van der Waals surface area contributed by atoms with Gasteiger partial charge in [-0.3, -0.25) is 9.20 Å². The molecular formula is C26H25F2N5O4. The summed E-state index contributed by atoms with van der Waals surface area (Å²) in [6.07, 6.45) is 5.17. The highest BCUT2D eigenvalue weighted by Gasteiger charge is 2.39. The predicted molar refractivity (Wildman–Crippen MR) is 132 cm³/mol. The molecule has 0 spiro atoms. The van der Waals surface area contributed by atoms with Crippen LogP contribution in [0.25, 0.3) is 16.9 Å². The van der Waals surface area contributed by atoms with E-state index in [1.54, 1.807) is 22.7 Å². The van der Waals surface area contributed by atoms with Crippen LogP contribution in [0, 0.1) is 11.6 Å². The molecule has 2 aromatic heterocycles. The lowest BCUT2D eigenvalue weighted by molar-refractivity contribution is -0.0919. The maximum atomic E-state index is 14.7. The Morgan fingerprint density at radius 3 is 2.70 bits per heavy atom. The van der Waals surface area contributed by atoms with Crippen molar-refractivity contribution in [1.82, 2.24) is 19.7 Å². The number of nitrogens with zero attached hydrogens (tertiary/aromatic N) is 3. The number of imidazole rings is 1. The van der Waals surface area contributed by atoms with Crippen LogP contribution < -0.4 is 15.4 Å². The van der Waals surface area contributed by atoms with Crippen LogP contribution in [-0.2, 0) is 11.2 Å². The van der Waals surface area contributed by atoms with E-state index in [1.165, 1.54) is 31.6 Å². The maximum Gasteiger partial charge on any atom is 0.252 e. The first-order valence-electron chi connectivity index (χ1n) is 11.6. The third-order valence-electron chi connectivity index (χ3n) is 6.40. The van der Waals surface area contributed by atoms with E-state index in [0.29, 0.717) is 34.8 Å². The Morgan fingerprint density at radius 2 is 2.03 bits per heavy atom. The van der Waals surface area contributed by atoms with E-state index < -0.39 is 17.2 Å². The molecule has 0 aliphatic carbocycles. The van der Waals surface area contributed by atoms with E-state index in [4.69, 9.17) is 9.47 Å². The molecular weight excluding hydrogens is 484 g/mol. The monoisotopic (exact) mass is 509 g/mol. The van der Waals surface area contributed by atoms with Gasteiger partial charge in [0, 0.05) is 29.2 Å². The van der Waals surface area contributed by atoms with Gasteiger partial charge in [0.15, 0.2) is 23.0 Å². The molecule has 9 nitrogen and oxygen atoms in total. The van der Waals surface area contributed by atoms with Gasteiger partial charge in [-0.05, 0) is 42.3 Å². The summed E-state index contributed by atoms with van der Waals surface area (Å²) in [4.78, 5) is 21.6. The predicted octanol–water partition coefficient (Wildman–Crippen LogP) is 3.48. The van der Waals surface area contributed by atoms with E-state index >= 15 is 0 Å². The minimum absolute atomic E-state index is 0.0316. The summed E-state index contributed by atoms with van der Waals surface area (Å²) in [5.74, 6) is -2.19. The Morgan fingerprint density at radius 1 is 1.22 bits per heavy atom. The number of aliphatic hydroxyl groups is 1. The van der Waals surface area contributed by atoms with Crippen molar-refractivity contribution in [3.63, 3.8) is 0 Å². The summed E-state index contributed by atoms with van der Waals surface area (Å²) in [7, 11) is 1.27. The van der Waals surface area contributed by atoms with Gasteiger partial charge in [-0.1, -0.05) is 6.92 Å². The molecule has 37 heavy (non-hydrogen) atoms. The molecule has 3 heterocycles. The quantitative estimate of drug-likeness (QED) is 0.334. The standard InChI is InChI=1S/C26H25F2N5O4/c1-3-15-10-16(4-5-17(15)25(35)32-26(12-34)13-37-14-26)31-23-24-30-11-19(33(24)9-8-29-23)18-6-7-20(36-2)22(28)21(18)27/h4-11,34H,3,12-14H2,1-2H3,(H,29,31)(H,32,35). The largest absolute Gasteiger partial charge is 0.494 e. The van der Waals surface area contributed by atoms with E-state index in [-0.39, 0.29) is 37.0 Å². The van der Waals surface area contributed by atoms with Crippen molar-refractivity contribution in [2.75, 3.05) is 32.2 Å². The second kappa shape index (κ2) is 9.75. The molecule has 1 aliphatic heterocycles. The first kappa shape index (κ1) is 24.6. The zero-order chi connectivity index (χ0) is 26.2. The smallest absolute Gasteiger partial charge is 0.252 e. The van der Waals surface area contributed by atoms with Crippen LogP contribution in [0.15, 0.2) is 48.9 Å². The van der Waals surface area contributed by atoms with E-state index in [1.807, 2.05) is 13.0 Å². The highest BCUT2D eigenvalue weighted by atomic mass is 19.2. The highest BCUT2D eigenvalue weighted by Crippen LogP contribution is 2.31. The number of aryl methyl sites for hydroxylation is 1. The molecule has 1 fully saturated rings. The average molecular weight is 510 g/mol. The molecule has 0 unspecified atom stereocenters. The number of ether oxygens (including phenoxy) is 2. The number of carbonyl (C=O) groups excluding carboxylic acids is 1. The van der Waals surface area contributed by atoms with Crippen LogP contribution in [0.2, 0.25) is 0 Å². The van der Waals surface area contributed by atoms with Gasteiger partial charge in [0.05, 0.1) is 38.8 Å². The maximum absolute atomic E-state index is 14.7. The van der Waals surface area contributed by atoms with E-state index in [0.717, 1.165) is 5.56 Å². The third-order valence-corrected chi connectivity index (χ3v) is 6.40. The minimum Gasteiger partial charge on any atom is -0.494 e. The summed E-state index contributed by atoms with van der Waals surface area (Å²) in [6, 6.07) is 8.07. The molecule has 0 atom stereocenters. The number of halogens is 2. The number of rotatable bonds is 8. The molecule has 4 aromatic rings. The Kier molecular flexibility index (Phi) is 6.48. The molecule has 0 radical (unpaired) electrons. The van der Waals surface area contributed by atoms with Crippen LogP contribution in [0.4, 0.5) is 20.3 Å². The average Bonchev–Trinajstić information content (AvgIpc) is 3.32. The fourth-order valence-corrected chi connectivity index (χ4v) is 4.28. The Balaban J connectivity index is 1.44. The van der Waals surface area contributed by atoms with Gasteiger partial charge in [0.25, 0.3) is 5.91 Å². The fraction of sp³-hybridized carbons (Fsp3) is 0.269.